The van der Waals surface area contributed by atoms with Gasteiger partial charge in [-0.25, -0.2) is 0 Å². The molecule has 1 aromatic carbocycles. The van der Waals surface area contributed by atoms with E-state index in [2.05, 4.69) is 5.32 Å². The summed E-state index contributed by atoms with van der Waals surface area (Å²) in [5.74, 6) is 0.499. The van der Waals surface area contributed by atoms with Crippen LogP contribution in [0.25, 0.3) is 0 Å². The first kappa shape index (κ1) is 10.6. The lowest BCUT2D eigenvalue weighted by Crippen LogP contribution is -2.19. The molecule has 0 radical (unpaired) electrons. The number of carbonyl (C=O) groups is 1. The van der Waals surface area contributed by atoms with Crippen LogP contribution in [0.15, 0.2) is 12.1 Å². The minimum absolute atomic E-state index is 0.00353. The molecular formula is C10H10ClNO2S. The maximum Gasteiger partial charge on any atom is 0.231 e. The van der Waals surface area contributed by atoms with E-state index >= 15 is 0 Å². The summed E-state index contributed by atoms with van der Waals surface area (Å²) in [7, 11) is 0. The van der Waals surface area contributed by atoms with Crippen LogP contribution in [0.5, 0.6) is 5.75 Å². The Kier molecular flexibility index (Phi) is 2.80. The first-order valence-corrected chi connectivity index (χ1v) is 5.91. The van der Waals surface area contributed by atoms with Crippen LogP contribution in [0.4, 0.5) is 0 Å². The summed E-state index contributed by atoms with van der Waals surface area (Å²) in [6.45, 7) is 1.91. The standard InChI is InChI=1S/C10H10ClNO2S/c1-5-2-3-6(13)9(11)8(5)10-12-7(14)4-15-10/h2-3,10,13H,4H2,1H3,(H,12,14). The molecule has 0 bridgehead atoms. The Morgan fingerprint density at radius 1 is 1.60 bits per heavy atom. The molecule has 0 aliphatic carbocycles. The smallest absolute Gasteiger partial charge is 0.231 e. The van der Waals surface area contributed by atoms with Crippen molar-refractivity contribution in [1.82, 2.24) is 5.32 Å². The fraction of sp³-hybridized carbons (Fsp3) is 0.300. The van der Waals surface area contributed by atoms with E-state index in [9.17, 15) is 9.90 Å². The maximum absolute atomic E-state index is 11.1. The minimum Gasteiger partial charge on any atom is -0.506 e. The SMILES string of the molecule is Cc1ccc(O)c(Cl)c1C1NC(=O)CS1. The van der Waals surface area contributed by atoms with Crippen LogP contribution in [0, 0.1) is 6.92 Å². The molecule has 0 saturated carbocycles. The first-order valence-electron chi connectivity index (χ1n) is 4.48. The summed E-state index contributed by atoms with van der Waals surface area (Å²) in [6.07, 6.45) is 0. The van der Waals surface area contributed by atoms with E-state index < -0.39 is 0 Å². The monoisotopic (exact) mass is 243 g/mol. The Hall–Kier alpha value is -0.870. The number of amides is 1. The van der Waals surface area contributed by atoms with E-state index in [0.717, 1.165) is 11.1 Å². The van der Waals surface area contributed by atoms with Crippen molar-refractivity contribution in [2.24, 2.45) is 0 Å². The summed E-state index contributed by atoms with van der Waals surface area (Å²) in [5.41, 5.74) is 1.77. The second kappa shape index (κ2) is 3.94. The van der Waals surface area contributed by atoms with Crippen molar-refractivity contribution in [2.75, 3.05) is 5.75 Å². The van der Waals surface area contributed by atoms with Crippen molar-refractivity contribution in [3.63, 3.8) is 0 Å². The molecule has 1 aromatic rings. The van der Waals surface area contributed by atoms with Crippen molar-refractivity contribution >= 4 is 29.3 Å². The van der Waals surface area contributed by atoms with Crippen LogP contribution >= 0.6 is 23.4 Å². The molecule has 1 saturated heterocycles. The normalized spacial score (nSPS) is 20.4. The van der Waals surface area contributed by atoms with E-state index in [-0.39, 0.29) is 17.0 Å². The third-order valence-corrected chi connectivity index (χ3v) is 3.83. The van der Waals surface area contributed by atoms with Crippen LogP contribution in [0.2, 0.25) is 5.02 Å². The summed E-state index contributed by atoms with van der Waals surface area (Å²) in [4.78, 5) is 11.1. The van der Waals surface area contributed by atoms with Gasteiger partial charge in [-0.1, -0.05) is 17.7 Å². The van der Waals surface area contributed by atoms with Gasteiger partial charge in [0, 0.05) is 5.56 Å². The highest BCUT2D eigenvalue weighted by Crippen LogP contribution is 2.40. The highest BCUT2D eigenvalue weighted by Gasteiger charge is 2.27. The van der Waals surface area contributed by atoms with Gasteiger partial charge < -0.3 is 10.4 Å². The van der Waals surface area contributed by atoms with Gasteiger partial charge in [-0.15, -0.1) is 11.8 Å². The number of benzene rings is 1. The van der Waals surface area contributed by atoms with Gasteiger partial charge >= 0.3 is 0 Å². The lowest BCUT2D eigenvalue weighted by molar-refractivity contribution is -0.118. The van der Waals surface area contributed by atoms with E-state index in [1.54, 1.807) is 12.1 Å². The van der Waals surface area contributed by atoms with Gasteiger partial charge in [0.15, 0.2) is 0 Å². The van der Waals surface area contributed by atoms with E-state index in [0.29, 0.717) is 10.8 Å². The average Bonchev–Trinajstić information content (AvgIpc) is 2.59. The number of thioether (sulfide) groups is 1. The molecule has 2 N–H and O–H groups in total. The van der Waals surface area contributed by atoms with E-state index in [1.807, 2.05) is 6.92 Å². The van der Waals surface area contributed by atoms with Gasteiger partial charge in [0.25, 0.3) is 0 Å². The van der Waals surface area contributed by atoms with Gasteiger partial charge in [0.05, 0.1) is 10.8 Å². The second-order valence-corrected chi connectivity index (χ2v) is 4.86. The number of carbonyl (C=O) groups excluding carboxylic acids is 1. The van der Waals surface area contributed by atoms with Crippen molar-refractivity contribution < 1.29 is 9.90 Å². The Labute approximate surface area is 96.8 Å². The third-order valence-electron chi connectivity index (χ3n) is 2.31. The van der Waals surface area contributed by atoms with E-state index in [1.165, 1.54) is 11.8 Å². The molecule has 1 fully saturated rings. The first-order chi connectivity index (χ1) is 7.09. The number of halogens is 1. The molecule has 0 spiro atoms. The molecule has 1 heterocycles. The van der Waals surface area contributed by atoms with Crippen molar-refractivity contribution in [1.29, 1.82) is 0 Å². The number of rotatable bonds is 1. The van der Waals surface area contributed by atoms with E-state index in [4.69, 9.17) is 11.6 Å². The summed E-state index contributed by atoms with van der Waals surface area (Å²) < 4.78 is 0. The zero-order valence-corrected chi connectivity index (χ0v) is 9.65. The summed E-state index contributed by atoms with van der Waals surface area (Å²) >= 11 is 7.50. The van der Waals surface area contributed by atoms with Crippen LogP contribution in [0.1, 0.15) is 16.5 Å². The number of hydrogen-bond acceptors (Lipinski definition) is 3. The second-order valence-electron chi connectivity index (χ2n) is 3.39. The molecule has 1 aliphatic heterocycles. The third kappa shape index (κ3) is 1.92. The predicted octanol–water partition coefficient (Wildman–Crippen LogP) is 2.22. The summed E-state index contributed by atoms with van der Waals surface area (Å²) in [6, 6.07) is 3.35. The number of phenols is 1. The molecule has 5 heteroatoms. The van der Waals surface area contributed by atoms with Crippen molar-refractivity contribution in [3.05, 3.63) is 28.3 Å². The Morgan fingerprint density at radius 3 is 2.93 bits per heavy atom. The molecule has 80 valence electrons. The van der Waals surface area contributed by atoms with Gasteiger partial charge in [-0.2, -0.15) is 0 Å². The largest absolute Gasteiger partial charge is 0.506 e. The lowest BCUT2D eigenvalue weighted by Gasteiger charge is -2.15. The van der Waals surface area contributed by atoms with Gasteiger partial charge in [-0.05, 0) is 18.6 Å². The average molecular weight is 244 g/mol. The zero-order valence-electron chi connectivity index (χ0n) is 8.08. The molecule has 1 atom stereocenters. The minimum atomic E-state index is -0.142. The van der Waals surface area contributed by atoms with Crippen LogP contribution < -0.4 is 5.32 Å². The number of aryl methyl sites for hydroxylation is 1. The number of aromatic hydroxyl groups is 1. The molecule has 2 rings (SSSR count). The quantitative estimate of drug-likeness (QED) is 0.795. The molecule has 1 unspecified atom stereocenters. The van der Waals surface area contributed by atoms with Crippen molar-refractivity contribution in [3.8, 4) is 5.75 Å². The Morgan fingerprint density at radius 2 is 2.33 bits per heavy atom. The van der Waals surface area contributed by atoms with Crippen LogP contribution in [-0.2, 0) is 4.79 Å². The van der Waals surface area contributed by atoms with Crippen molar-refractivity contribution in [2.45, 2.75) is 12.3 Å². The molecule has 1 aliphatic rings. The van der Waals surface area contributed by atoms with Crippen LogP contribution in [0.3, 0.4) is 0 Å². The Bertz CT molecular complexity index is 422. The maximum atomic E-state index is 11.1. The highest BCUT2D eigenvalue weighted by molar-refractivity contribution is 8.00. The van der Waals surface area contributed by atoms with Gasteiger partial charge in [0.2, 0.25) is 5.91 Å². The number of nitrogens with one attached hydrogen (secondary N) is 1. The van der Waals surface area contributed by atoms with Crippen LogP contribution in [-0.4, -0.2) is 16.8 Å². The molecule has 0 aromatic heterocycles. The lowest BCUT2D eigenvalue weighted by atomic mass is 10.1. The zero-order chi connectivity index (χ0) is 11.0. The fourth-order valence-electron chi connectivity index (χ4n) is 1.54. The molecular weight excluding hydrogens is 234 g/mol. The van der Waals surface area contributed by atoms with Gasteiger partial charge in [-0.3, -0.25) is 4.79 Å². The fourth-order valence-corrected chi connectivity index (χ4v) is 3.02. The molecule has 3 nitrogen and oxygen atoms in total. The topological polar surface area (TPSA) is 49.3 Å². The predicted molar refractivity (Wildman–Crippen MR) is 61.2 cm³/mol. The summed E-state index contributed by atoms with van der Waals surface area (Å²) in [5, 5.41) is 12.5. The Balaban J connectivity index is 2.43. The van der Waals surface area contributed by atoms with Gasteiger partial charge in [0.1, 0.15) is 11.1 Å². The number of hydrogen-bond donors (Lipinski definition) is 2. The molecule has 15 heavy (non-hydrogen) atoms. The molecule has 1 amide bonds. The number of phenolic OH excluding ortho intramolecular Hbond substituents is 1. The highest BCUT2D eigenvalue weighted by atomic mass is 35.5.